The van der Waals surface area contributed by atoms with Gasteiger partial charge in [0.25, 0.3) is 0 Å². The molecule has 2 rings (SSSR count). The lowest BCUT2D eigenvalue weighted by Crippen LogP contribution is -2.34. The van der Waals surface area contributed by atoms with E-state index in [0.717, 1.165) is 22.9 Å². The molecule has 0 spiro atoms. The van der Waals surface area contributed by atoms with Crippen molar-refractivity contribution >= 4 is 27.3 Å². The zero-order chi connectivity index (χ0) is 19.5. The molecule has 140 valence electrons. The third-order valence-electron chi connectivity index (χ3n) is 3.96. The number of sulfonamides is 1. The molecule has 0 aliphatic rings. The van der Waals surface area contributed by atoms with Crippen LogP contribution in [0.4, 0.5) is 15.8 Å². The lowest BCUT2D eigenvalue weighted by atomic mass is 10.1. The molecule has 0 radical (unpaired) electrons. The zero-order valence-corrected chi connectivity index (χ0v) is 16.2. The van der Waals surface area contributed by atoms with Gasteiger partial charge in [0.1, 0.15) is 5.82 Å². The van der Waals surface area contributed by atoms with Crippen molar-refractivity contribution < 1.29 is 17.6 Å². The lowest BCUT2D eigenvalue weighted by molar-refractivity contribution is -0.116. The Morgan fingerprint density at radius 3 is 2.12 bits per heavy atom. The summed E-state index contributed by atoms with van der Waals surface area (Å²) < 4.78 is 38.7. The average Bonchev–Trinajstić information content (AvgIpc) is 2.50. The molecule has 0 atom stereocenters. The summed E-state index contributed by atoms with van der Waals surface area (Å²) in [5.41, 5.74) is 3.79. The Kier molecular flexibility index (Phi) is 6.02. The van der Waals surface area contributed by atoms with Crippen LogP contribution in [-0.4, -0.2) is 27.1 Å². The number of amides is 1. The number of nitrogens with one attached hydrogen (secondary N) is 1. The number of aryl methyl sites for hydroxylation is 3. The van der Waals surface area contributed by atoms with Gasteiger partial charge < -0.3 is 5.32 Å². The van der Waals surface area contributed by atoms with E-state index in [4.69, 9.17) is 0 Å². The van der Waals surface area contributed by atoms with Crippen LogP contribution < -0.4 is 9.62 Å². The monoisotopic (exact) mass is 378 g/mol. The van der Waals surface area contributed by atoms with E-state index in [1.807, 2.05) is 32.9 Å². The number of nitrogens with zero attached hydrogens (tertiary/aromatic N) is 1. The molecule has 0 heterocycles. The number of benzene rings is 2. The summed E-state index contributed by atoms with van der Waals surface area (Å²) in [4.78, 5) is 12.2. The van der Waals surface area contributed by atoms with E-state index in [0.29, 0.717) is 11.4 Å². The molecular formula is C19H23FN2O3S. The van der Waals surface area contributed by atoms with E-state index in [1.54, 1.807) is 0 Å². The molecule has 1 amide bonds. The summed E-state index contributed by atoms with van der Waals surface area (Å²) in [5, 5.41) is 2.64. The predicted octanol–water partition coefficient (Wildman–Crippen LogP) is 3.55. The maximum Gasteiger partial charge on any atom is 0.232 e. The van der Waals surface area contributed by atoms with Gasteiger partial charge >= 0.3 is 0 Å². The first kappa shape index (κ1) is 19.9. The fourth-order valence-electron chi connectivity index (χ4n) is 2.97. The van der Waals surface area contributed by atoms with Crippen molar-refractivity contribution in [3.05, 3.63) is 58.9 Å². The minimum Gasteiger partial charge on any atom is -0.326 e. The standard InChI is InChI=1S/C19H23FN2O3S/c1-13-11-14(2)19(15(3)12-13)22(26(4,24)25)10-9-18(23)21-17-7-5-16(20)6-8-17/h5-8,11-12H,9-10H2,1-4H3,(H,21,23). The summed E-state index contributed by atoms with van der Waals surface area (Å²) >= 11 is 0. The van der Waals surface area contributed by atoms with E-state index in [2.05, 4.69) is 5.32 Å². The van der Waals surface area contributed by atoms with Gasteiger partial charge in [0.2, 0.25) is 15.9 Å². The molecule has 0 aromatic heterocycles. The van der Waals surface area contributed by atoms with Crippen molar-refractivity contribution in [2.24, 2.45) is 0 Å². The number of carbonyl (C=O) groups excluding carboxylic acids is 1. The second kappa shape index (κ2) is 7.86. The van der Waals surface area contributed by atoms with Crippen LogP contribution >= 0.6 is 0 Å². The second-order valence-corrected chi connectivity index (χ2v) is 8.29. The van der Waals surface area contributed by atoms with Gasteiger partial charge in [-0.05, 0) is 56.2 Å². The maximum atomic E-state index is 12.9. The van der Waals surface area contributed by atoms with Crippen LogP contribution in [0, 0.1) is 26.6 Å². The first-order chi connectivity index (χ1) is 12.1. The Morgan fingerprint density at radius 2 is 1.62 bits per heavy atom. The van der Waals surface area contributed by atoms with Gasteiger partial charge in [-0.25, -0.2) is 12.8 Å². The predicted molar refractivity (Wildman–Crippen MR) is 102 cm³/mol. The summed E-state index contributed by atoms with van der Waals surface area (Å²) in [5.74, 6) is -0.732. The minimum atomic E-state index is -3.55. The summed E-state index contributed by atoms with van der Waals surface area (Å²) in [6.07, 6.45) is 1.11. The number of hydrogen-bond acceptors (Lipinski definition) is 3. The highest BCUT2D eigenvalue weighted by atomic mass is 32.2. The zero-order valence-electron chi connectivity index (χ0n) is 15.3. The largest absolute Gasteiger partial charge is 0.326 e. The van der Waals surface area contributed by atoms with E-state index in [-0.39, 0.29) is 18.9 Å². The van der Waals surface area contributed by atoms with E-state index < -0.39 is 15.8 Å². The van der Waals surface area contributed by atoms with Crippen LogP contribution in [0.5, 0.6) is 0 Å². The fraction of sp³-hybridized carbons (Fsp3) is 0.316. The SMILES string of the molecule is Cc1cc(C)c(N(CCC(=O)Nc2ccc(F)cc2)S(C)(=O)=O)c(C)c1. The van der Waals surface area contributed by atoms with Gasteiger partial charge in [0.15, 0.2) is 0 Å². The Bertz CT molecular complexity index is 886. The number of anilines is 2. The molecule has 7 heteroatoms. The molecule has 0 bridgehead atoms. The minimum absolute atomic E-state index is 0.0167. The van der Waals surface area contributed by atoms with Crippen molar-refractivity contribution in [1.29, 1.82) is 0 Å². The highest BCUT2D eigenvalue weighted by molar-refractivity contribution is 7.92. The summed E-state index contributed by atoms with van der Waals surface area (Å²) in [6, 6.07) is 9.23. The number of rotatable bonds is 6. The van der Waals surface area contributed by atoms with Crippen molar-refractivity contribution in [1.82, 2.24) is 0 Å². The Labute approximate surface area is 153 Å². The first-order valence-corrected chi connectivity index (χ1v) is 10.0. The Morgan fingerprint density at radius 1 is 1.08 bits per heavy atom. The molecule has 1 N–H and O–H groups in total. The average molecular weight is 378 g/mol. The molecule has 0 aliphatic carbocycles. The lowest BCUT2D eigenvalue weighted by Gasteiger charge is -2.26. The molecule has 0 fully saturated rings. The molecule has 0 unspecified atom stereocenters. The molecule has 0 saturated heterocycles. The molecule has 26 heavy (non-hydrogen) atoms. The van der Waals surface area contributed by atoms with Gasteiger partial charge in [-0.2, -0.15) is 0 Å². The maximum absolute atomic E-state index is 12.9. The highest BCUT2D eigenvalue weighted by Gasteiger charge is 2.22. The van der Waals surface area contributed by atoms with Crippen LogP contribution in [0.25, 0.3) is 0 Å². The van der Waals surface area contributed by atoms with Crippen LogP contribution in [0.2, 0.25) is 0 Å². The van der Waals surface area contributed by atoms with Crippen molar-refractivity contribution in [3.63, 3.8) is 0 Å². The van der Waals surface area contributed by atoms with Crippen LogP contribution in [0.1, 0.15) is 23.1 Å². The van der Waals surface area contributed by atoms with Crippen molar-refractivity contribution in [2.75, 3.05) is 22.4 Å². The normalized spacial score (nSPS) is 11.3. The Balaban J connectivity index is 2.17. The van der Waals surface area contributed by atoms with Gasteiger partial charge in [0.05, 0.1) is 11.9 Å². The molecule has 0 aliphatic heterocycles. The number of carbonyl (C=O) groups is 1. The van der Waals surface area contributed by atoms with Crippen LogP contribution in [0.15, 0.2) is 36.4 Å². The van der Waals surface area contributed by atoms with E-state index in [1.165, 1.54) is 28.6 Å². The molecular weight excluding hydrogens is 355 g/mol. The molecule has 2 aromatic carbocycles. The topological polar surface area (TPSA) is 66.5 Å². The van der Waals surface area contributed by atoms with Gasteiger partial charge in [-0.1, -0.05) is 17.7 Å². The van der Waals surface area contributed by atoms with Gasteiger partial charge in [-0.15, -0.1) is 0 Å². The van der Waals surface area contributed by atoms with Gasteiger partial charge in [-0.3, -0.25) is 9.10 Å². The van der Waals surface area contributed by atoms with Crippen LogP contribution in [0.3, 0.4) is 0 Å². The Hall–Kier alpha value is -2.41. The summed E-state index contributed by atoms with van der Waals surface area (Å²) in [6.45, 7) is 5.68. The second-order valence-electron chi connectivity index (χ2n) is 6.39. The van der Waals surface area contributed by atoms with Gasteiger partial charge in [0, 0.05) is 18.7 Å². The number of halogens is 1. The fourth-order valence-corrected chi connectivity index (χ4v) is 4.01. The highest BCUT2D eigenvalue weighted by Crippen LogP contribution is 2.28. The third kappa shape index (κ3) is 5.05. The van der Waals surface area contributed by atoms with E-state index in [9.17, 15) is 17.6 Å². The van der Waals surface area contributed by atoms with Crippen molar-refractivity contribution in [2.45, 2.75) is 27.2 Å². The smallest absolute Gasteiger partial charge is 0.232 e. The third-order valence-corrected chi connectivity index (χ3v) is 5.12. The first-order valence-electron chi connectivity index (χ1n) is 8.19. The molecule has 5 nitrogen and oxygen atoms in total. The molecule has 2 aromatic rings. The van der Waals surface area contributed by atoms with Crippen LogP contribution in [-0.2, 0) is 14.8 Å². The number of hydrogen-bond donors (Lipinski definition) is 1. The van der Waals surface area contributed by atoms with Crippen molar-refractivity contribution in [3.8, 4) is 0 Å². The molecule has 0 saturated carbocycles. The van der Waals surface area contributed by atoms with E-state index >= 15 is 0 Å². The quantitative estimate of drug-likeness (QED) is 0.836. The summed E-state index contributed by atoms with van der Waals surface area (Å²) in [7, 11) is -3.55.